The molecule has 9 heteroatoms. The van der Waals surface area contributed by atoms with Crippen LogP contribution in [0.15, 0.2) is 34.9 Å². The maximum absolute atomic E-state index is 11.2. The Morgan fingerprint density at radius 3 is 2.88 bits per heavy atom. The van der Waals surface area contributed by atoms with E-state index in [9.17, 15) is 4.79 Å². The molecule has 130 valence electrons. The lowest BCUT2D eigenvalue weighted by atomic mass is 10.3. The van der Waals surface area contributed by atoms with Crippen LogP contribution in [0, 0.1) is 0 Å². The van der Waals surface area contributed by atoms with Crippen LogP contribution in [-0.4, -0.2) is 30.3 Å². The molecule has 3 aromatic rings. The molecule has 2 heterocycles. The van der Waals surface area contributed by atoms with Crippen LogP contribution in [0.3, 0.4) is 0 Å². The second kappa shape index (κ2) is 7.27. The van der Waals surface area contributed by atoms with Crippen molar-refractivity contribution in [1.82, 2.24) is 9.97 Å². The second-order valence-electron chi connectivity index (χ2n) is 4.87. The number of halogens is 1. The van der Waals surface area contributed by atoms with Gasteiger partial charge in [0.15, 0.2) is 11.3 Å². The van der Waals surface area contributed by atoms with Crippen LogP contribution < -0.4 is 14.8 Å². The van der Waals surface area contributed by atoms with Gasteiger partial charge in [0, 0.05) is 23.4 Å². The molecule has 3 rings (SSSR count). The van der Waals surface area contributed by atoms with Gasteiger partial charge in [0.1, 0.15) is 11.3 Å². The number of rotatable bonds is 5. The van der Waals surface area contributed by atoms with E-state index in [-0.39, 0.29) is 11.8 Å². The first-order valence-corrected chi connectivity index (χ1v) is 7.55. The summed E-state index contributed by atoms with van der Waals surface area (Å²) in [4.78, 5) is 19.7. The van der Waals surface area contributed by atoms with Crippen molar-refractivity contribution in [2.45, 2.75) is 6.54 Å². The summed E-state index contributed by atoms with van der Waals surface area (Å²) in [5.74, 6) is 0.602. The van der Waals surface area contributed by atoms with E-state index in [2.05, 4.69) is 20.0 Å². The van der Waals surface area contributed by atoms with Crippen LogP contribution in [0.4, 0.5) is 10.8 Å². The van der Waals surface area contributed by atoms with Gasteiger partial charge >= 0.3 is 6.16 Å². The zero-order valence-electron chi connectivity index (χ0n) is 13.4. The minimum atomic E-state index is -0.838. The number of aromatic nitrogens is 2. The van der Waals surface area contributed by atoms with Gasteiger partial charge in [0.05, 0.1) is 26.5 Å². The van der Waals surface area contributed by atoms with Gasteiger partial charge in [-0.3, -0.25) is 4.98 Å². The first-order valence-electron chi connectivity index (χ1n) is 7.17. The molecule has 0 bridgehead atoms. The molecule has 0 spiro atoms. The number of carbonyl (C=O) groups is 1. The van der Waals surface area contributed by atoms with Gasteiger partial charge in [-0.05, 0) is 12.1 Å². The third kappa shape index (κ3) is 3.92. The molecule has 1 aromatic carbocycles. The third-order valence-electron chi connectivity index (χ3n) is 3.22. The topological polar surface area (TPSA) is 95.7 Å². The SMILES string of the molecule is COC(=O)Oc1cc(OC)c2oc(NCc3cc(Cl)ccn3)nc2c1. The highest BCUT2D eigenvalue weighted by atomic mass is 35.5. The molecular weight excluding hydrogens is 350 g/mol. The van der Waals surface area contributed by atoms with Crippen molar-refractivity contribution in [3.8, 4) is 11.5 Å². The van der Waals surface area contributed by atoms with Crippen LogP contribution in [0.2, 0.25) is 5.02 Å². The zero-order chi connectivity index (χ0) is 17.8. The maximum atomic E-state index is 11.2. The summed E-state index contributed by atoms with van der Waals surface area (Å²) in [6.07, 6.45) is 0.778. The molecule has 8 nitrogen and oxygen atoms in total. The van der Waals surface area contributed by atoms with E-state index in [1.165, 1.54) is 20.3 Å². The minimum absolute atomic E-state index is 0.229. The number of pyridine rings is 1. The molecule has 0 aliphatic heterocycles. The summed E-state index contributed by atoms with van der Waals surface area (Å²) in [5.41, 5.74) is 1.61. The van der Waals surface area contributed by atoms with E-state index < -0.39 is 6.16 Å². The number of ether oxygens (including phenoxy) is 3. The Hall–Kier alpha value is -3.00. The lowest BCUT2D eigenvalue weighted by Crippen LogP contribution is -2.07. The fourth-order valence-corrected chi connectivity index (χ4v) is 2.30. The monoisotopic (exact) mass is 363 g/mol. The first kappa shape index (κ1) is 16.8. The number of anilines is 1. The Kier molecular flexibility index (Phi) is 4.90. The number of carbonyl (C=O) groups excluding carboxylic acids is 1. The van der Waals surface area contributed by atoms with Crippen LogP contribution in [-0.2, 0) is 11.3 Å². The number of hydrogen-bond donors (Lipinski definition) is 1. The van der Waals surface area contributed by atoms with E-state index in [1.807, 2.05) is 0 Å². The average molecular weight is 364 g/mol. The van der Waals surface area contributed by atoms with Gasteiger partial charge in [0.25, 0.3) is 6.01 Å². The number of oxazole rings is 1. The van der Waals surface area contributed by atoms with E-state index in [1.54, 1.807) is 24.4 Å². The van der Waals surface area contributed by atoms with E-state index in [0.717, 1.165) is 5.69 Å². The van der Waals surface area contributed by atoms with Gasteiger partial charge in [-0.2, -0.15) is 4.98 Å². The van der Waals surface area contributed by atoms with Crippen LogP contribution in [0.5, 0.6) is 11.5 Å². The predicted octanol–water partition coefficient (Wildman–Crippen LogP) is 3.64. The molecule has 0 unspecified atom stereocenters. The maximum Gasteiger partial charge on any atom is 0.513 e. The van der Waals surface area contributed by atoms with Crippen molar-refractivity contribution in [3.05, 3.63) is 41.2 Å². The van der Waals surface area contributed by atoms with Gasteiger partial charge in [-0.1, -0.05) is 11.6 Å². The average Bonchev–Trinajstić information content (AvgIpc) is 3.02. The van der Waals surface area contributed by atoms with E-state index in [4.69, 9.17) is 25.5 Å². The number of nitrogens with one attached hydrogen (secondary N) is 1. The summed E-state index contributed by atoms with van der Waals surface area (Å²) >= 11 is 5.93. The fraction of sp³-hybridized carbons (Fsp3) is 0.188. The lowest BCUT2D eigenvalue weighted by molar-refractivity contribution is 0.121. The normalized spacial score (nSPS) is 10.5. The third-order valence-corrected chi connectivity index (χ3v) is 3.45. The van der Waals surface area contributed by atoms with Crippen molar-refractivity contribution in [3.63, 3.8) is 0 Å². The first-order chi connectivity index (χ1) is 12.1. The zero-order valence-corrected chi connectivity index (χ0v) is 14.2. The summed E-state index contributed by atoms with van der Waals surface area (Å²) in [7, 11) is 2.70. The molecule has 0 saturated heterocycles. The molecular formula is C16H14ClN3O5. The molecule has 0 aliphatic carbocycles. The molecule has 0 saturated carbocycles. The Morgan fingerprint density at radius 1 is 1.32 bits per heavy atom. The molecule has 0 atom stereocenters. The highest BCUT2D eigenvalue weighted by Gasteiger charge is 2.15. The molecule has 0 fully saturated rings. The number of methoxy groups -OCH3 is 2. The molecule has 1 N–H and O–H groups in total. The van der Waals surface area contributed by atoms with Crippen LogP contribution in [0.1, 0.15) is 5.69 Å². The summed E-state index contributed by atoms with van der Waals surface area (Å²) < 4.78 is 20.4. The minimum Gasteiger partial charge on any atom is -0.493 e. The van der Waals surface area contributed by atoms with E-state index >= 15 is 0 Å². The van der Waals surface area contributed by atoms with Crippen molar-refractivity contribution >= 4 is 34.9 Å². The van der Waals surface area contributed by atoms with Gasteiger partial charge in [-0.25, -0.2) is 4.79 Å². The van der Waals surface area contributed by atoms with Crippen molar-refractivity contribution in [2.75, 3.05) is 19.5 Å². The van der Waals surface area contributed by atoms with Crippen molar-refractivity contribution in [2.24, 2.45) is 0 Å². The number of hydrogen-bond acceptors (Lipinski definition) is 8. The number of fused-ring (bicyclic) bond motifs is 1. The summed E-state index contributed by atoms with van der Waals surface area (Å²) in [6.45, 7) is 0.376. The quantitative estimate of drug-likeness (QED) is 0.542. The number of benzene rings is 1. The van der Waals surface area contributed by atoms with Gasteiger partial charge in [-0.15, -0.1) is 0 Å². The molecule has 0 amide bonds. The molecule has 25 heavy (non-hydrogen) atoms. The summed E-state index contributed by atoms with van der Waals surface area (Å²) in [5, 5.41) is 3.61. The number of nitrogens with zero attached hydrogens (tertiary/aromatic N) is 2. The Bertz CT molecular complexity index is 912. The van der Waals surface area contributed by atoms with Crippen molar-refractivity contribution in [1.29, 1.82) is 0 Å². The standard InChI is InChI=1S/C16H14ClN3O5/c1-22-13-7-11(24-16(21)23-2)6-12-14(13)25-15(20-12)19-8-10-5-9(17)3-4-18-10/h3-7H,8H2,1-2H3,(H,19,20). The van der Waals surface area contributed by atoms with Gasteiger partial charge in [0.2, 0.25) is 0 Å². The van der Waals surface area contributed by atoms with E-state index in [0.29, 0.717) is 28.4 Å². The largest absolute Gasteiger partial charge is 0.513 e. The fourth-order valence-electron chi connectivity index (χ4n) is 2.11. The Morgan fingerprint density at radius 2 is 2.16 bits per heavy atom. The highest BCUT2D eigenvalue weighted by Crippen LogP contribution is 2.33. The lowest BCUT2D eigenvalue weighted by Gasteiger charge is -2.04. The Labute approximate surface area is 147 Å². The predicted molar refractivity (Wildman–Crippen MR) is 90.2 cm³/mol. The molecule has 0 aliphatic rings. The molecule has 0 radical (unpaired) electrons. The highest BCUT2D eigenvalue weighted by molar-refractivity contribution is 6.30. The molecule has 2 aromatic heterocycles. The van der Waals surface area contributed by atoms with Crippen LogP contribution in [0.25, 0.3) is 11.1 Å². The Balaban J connectivity index is 1.84. The second-order valence-corrected chi connectivity index (χ2v) is 5.30. The summed E-state index contributed by atoms with van der Waals surface area (Å²) in [6, 6.07) is 6.75. The van der Waals surface area contributed by atoms with Crippen molar-refractivity contribution < 1.29 is 23.4 Å². The van der Waals surface area contributed by atoms with Crippen LogP contribution >= 0.6 is 11.6 Å². The van der Waals surface area contributed by atoms with Gasteiger partial charge < -0.3 is 23.9 Å². The smallest absolute Gasteiger partial charge is 0.493 e.